The third kappa shape index (κ3) is 5.18. The van der Waals surface area contributed by atoms with Gasteiger partial charge in [-0.15, -0.1) is 10.2 Å². The van der Waals surface area contributed by atoms with Crippen LogP contribution in [0, 0.1) is 11.8 Å². The second kappa shape index (κ2) is 10.3. The zero-order valence-corrected chi connectivity index (χ0v) is 19.4. The highest BCUT2D eigenvalue weighted by Crippen LogP contribution is 2.27. The van der Waals surface area contributed by atoms with Crippen LogP contribution in [0.4, 0.5) is 0 Å². The predicted molar refractivity (Wildman–Crippen MR) is 133 cm³/mol. The smallest absolute Gasteiger partial charge is 0.123 e. The SMILES string of the molecule is CC(NC[C@H]1CCNCC1CCCc1c[nH]c2ccc(-n3cnnc3)cc12)c1ccccc1. The molecule has 3 heterocycles. The summed E-state index contributed by atoms with van der Waals surface area (Å²) in [6.45, 7) is 5.64. The van der Waals surface area contributed by atoms with E-state index in [0.29, 0.717) is 6.04 Å². The Hall–Kier alpha value is -2.96. The molecular formula is C27H34N6. The fourth-order valence-corrected chi connectivity index (χ4v) is 5.19. The van der Waals surface area contributed by atoms with Crippen molar-refractivity contribution in [1.82, 2.24) is 30.4 Å². The van der Waals surface area contributed by atoms with Gasteiger partial charge in [-0.2, -0.15) is 0 Å². The van der Waals surface area contributed by atoms with Gasteiger partial charge in [0, 0.05) is 28.8 Å². The number of aromatic amines is 1. The molecule has 6 heteroatoms. The first kappa shape index (κ1) is 21.9. The van der Waals surface area contributed by atoms with Gasteiger partial charge in [-0.05, 0) is 93.4 Å². The first-order chi connectivity index (χ1) is 16.3. The van der Waals surface area contributed by atoms with Crippen molar-refractivity contribution in [2.75, 3.05) is 19.6 Å². The highest BCUT2D eigenvalue weighted by Gasteiger charge is 2.25. The number of hydrogen-bond donors (Lipinski definition) is 3. The molecule has 1 saturated heterocycles. The number of H-pyrrole nitrogens is 1. The van der Waals surface area contributed by atoms with E-state index in [-0.39, 0.29) is 0 Å². The van der Waals surface area contributed by atoms with Gasteiger partial charge in [0.15, 0.2) is 0 Å². The van der Waals surface area contributed by atoms with E-state index in [1.807, 2.05) is 4.57 Å². The first-order valence-corrected chi connectivity index (χ1v) is 12.2. The third-order valence-electron chi connectivity index (χ3n) is 7.24. The van der Waals surface area contributed by atoms with E-state index in [9.17, 15) is 0 Å². The second-order valence-corrected chi connectivity index (χ2v) is 9.36. The summed E-state index contributed by atoms with van der Waals surface area (Å²) in [7, 11) is 0. The maximum absolute atomic E-state index is 3.93. The molecule has 0 spiro atoms. The first-order valence-electron chi connectivity index (χ1n) is 12.2. The summed E-state index contributed by atoms with van der Waals surface area (Å²) in [5.41, 5.74) is 5.06. The molecular weight excluding hydrogens is 408 g/mol. The molecule has 33 heavy (non-hydrogen) atoms. The van der Waals surface area contributed by atoms with Gasteiger partial charge in [0.2, 0.25) is 0 Å². The number of aromatic nitrogens is 4. The molecule has 0 saturated carbocycles. The van der Waals surface area contributed by atoms with Crippen LogP contribution in [0.15, 0.2) is 67.4 Å². The number of nitrogens with one attached hydrogen (secondary N) is 3. The average Bonchev–Trinajstić information content (AvgIpc) is 3.54. The molecule has 0 bridgehead atoms. The average molecular weight is 443 g/mol. The third-order valence-corrected chi connectivity index (χ3v) is 7.24. The van der Waals surface area contributed by atoms with Crippen molar-refractivity contribution in [2.45, 2.75) is 38.6 Å². The Morgan fingerprint density at radius 2 is 1.94 bits per heavy atom. The number of aryl methyl sites for hydroxylation is 1. The molecule has 3 atom stereocenters. The largest absolute Gasteiger partial charge is 0.361 e. The molecule has 5 rings (SSSR count). The summed E-state index contributed by atoms with van der Waals surface area (Å²) >= 11 is 0. The van der Waals surface area contributed by atoms with Crippen LogP contribution in [0.3, 0.4) is 0 Å². The number of benzene rings is 2. The molecule has 1 aliphatic heterocycles. The van der Waals surface area contributed by atoms with E-state index in [0.717, 1.165) is 43.6 Å². The molecule has 1 aliphatic rings. The Morgan fingerprint density at radius 1 is 1.09 bits per heavy atom. The molecule has 2 aromatic heterocycles. The maximum atomic E-state index is 3.93. The minimum Gasteiger partial charge on any atom is -0.361 e. The van der Waals surface area contributed by atoms with E-state index < -0.39 is 0 Å². The number of rotatable bonds is 9. The van der Waals surface area contributed by atoms with Crippen molar-refractivity contribution in [3.63, 3.8) is 0 Å². The number of piperidine rings is 1. The van der Waals surface area contributed by atoms with Gasteiger partial charge in [-0.25, -0.2) is 0 Å². The number of fused-ring (bicyclic) bond motifs is 1. The lowest BCUT2D eigenvalue weighted by Gasteiger charge is -2.33. The van der Waals surface area contributed by atoms with Crippen molar-refractivity contribution in [2.24, 2.45) is 11.8 Å². The summed E-state index contributed by atoms with van der Waals surface area (Å²) < 4.78 is 1.96. The molecule has 0 radical (unpaired) electrons. The molecule has 2 unspecified atom stereocenters. The van der Waals surface area contributed by atoms with Gasteiger partial charge in [0.05, 0.1) is 0 Å². The Bertz CT molecular complexity index is 1130. The summed E-state index contributed by atoms with van der Waals surface area (Å²) in [6.07, 6.45) is 10.5. The van der Waals surface area contributed by atoms with E-state index in [4.69, 9.17) is 0 Å². The Labute approximate surface area is 195 Å². The van der Waals surface area contributed by atoms with Crippen LogP contribution in [0.2, 0.25) is 0 Å². The lowest BCUT2D eigenvalue weighted by molar-refractivity contribution is 0.225. The summed E-state index contributed by atoms with van der Waals surface area (Å²) in [4.78, 5) is 3.44. The zero-order valence-electron chi connectivity index (χ0n) is 19.4. The quantitative estimate of drug-likeness (QED) is 0.353. The van der Waals surface area contributed by atoms with Crippen LogP contribution in [0.25, 0.3) is 16.6 Å². The van der Waals surface area contributed by atoms with Gasteiger partial charge in [-0.1, -0.05) is 30.3 Å². The lowest BCUT2D eigenvalue weighted by atomic mass is 9.82. The van der Waals surface area contributed by atoms with Crippen molar-refractivity contribution >= 4 is 10.9 Å². The van der Waals surface area contributed by atoms with Crippen molar-refractivity contribution in [3.05, 3.63) is 78.5 Å². The van der Waals surface area contributed by atoms with Gasteiger partial charge in [0.25, 0.3) is 0 Å². The van der Waals surface area contributed by atoms with E-state index in [1.165, 1.54) is 41.3 Å². The van der Waals surface area contributed by atoms with Gasteiger partial charge in [-0.3, -0.25) is 4.57 Å². The van der Waals surface area contributed by atoms with Crippen LogP contribution in [0.5, 0.6) is 0 Å². The van der Waals surface area contributed by atoms with Crippen LogP contribution in [-0.2, 0) is 6.42 Å². The summed E-state index contributed by atoms with van der Waals surface area (Å²) in [5, 5.41) is 16.6. The Morgan fingerprint density at radius 3 is 2.79 bits per heavy atom. The Kier molecular flexibility index (Phi) is 6.84. The number of hydrogen-bond acceptors (Lipinski definition) is 4. The van der Waals surface area contributed by atoms with E-state index >= 15 is 0 Å². The highest BCUT2D eigenvalue weighted by atomic mass is 15.2. The maximum Gasteiger partial charge on any atom is 0.123 e. The summed E-state index contributed by atoms with van der Waals surface area (Å²) in [6, 6.07) is 17.7. The standard InChI is InChI=1S/C27H34N6/c1-20(21-6-3-2-4-7-21)29-16-23-12-13-28-15-22(23)8-5-9-24-17-30-27-11-10-25(14-26(24)27)33-18-31-32-19-33/h2-4,6-7,10-11,14,17-20,22-23,28-30H,5,8-9,12-13,15-16H2,1H3/t20?,22?,23-/m1/s1. The molecule has 1 fully saturated rings. The zero-order chi connectivity index (χ0) is 22.5. The van der Waals surface area contributed by atoms with Gasteiger partial charge < -0.3 is 15.6 Å². The fourth-order valence-electron chi connectivity index (χ4n) is 5.19. The second-order valence-electron chi connectivity index (χ2n) is 9.36. The van der Waals surface area contributed by atoms with Crippen molar-refractivity contribution < 1.29 is 0 Å². The summed E-state index contributed by atoms with van der Waals surface area (Å²) in [5.74, 6) is 1.47. The van der Waals surface area contributed by atoms with Crippen molar-refractivity contribution in [3.8, 4) is 5.69 Å². The van der Waals surface area contributed by atoms with Crippen molar-refractivity contribution in [1.29, 1.82) is 0 Å². The highest BCUT2D eigenvalue weighted by molar-refractivity contribution is 5.85. The normalized spacial score (nSPS) is 19.7. The lowest BCUT2D eigenvalue weighted by Crippen LogP contribution is -2.41. The van der Waals surface area contributed by atoms with E-state index in [2.05, 4.69) is 87.5 Å². The van der Waals surface area contributed by atoms with E-state index in [1.54, 1.807) is 12.7 Å². The molecule has 0 amide bonds. The predicted octanol–water partition coefficient (Wildman–Crippen LogP) is 4.65. The number of nitrogens with zero attached hydrogens (tertiary/aromatic N) is 3. The van der Waals surface area contributed by atoms with Gasteiger partial charge in [0.1, 0.15) is 12.7 Å². The van der Waals surface area contributed by atoms with Gasteiger partial charge >= 0.3 is 0 Å². The van der Waals surface area contributed by atoms with Crippen LogP contribution >= 0.6 is 0 Å². The topological polar surface area (TPSA) is 70.6 Å². The van der Waals surface area contributed by atoms with Crippen LogP contribution < -0.4 is 10.6 Å². The molecule has 0 aliphatic carbocycles. The Balaban J connectivity index is 1.18. The molecule has 2 aromatic carbocycles. The molecule has 6 nitrogen and oxygen atoms in total. The molecule has 4 aromatic rings. The monoisotopic (exact) mass is 442 g/mol. The fraction of sp³-hybridized carbons (Fsp3) is 0.407. The minimum atomic E-state index is 0.396. The van der Waals surface area contributed by atoms with Crippen LogP contribution in [-0.4, -0.2) is 39.4 Å². The molecule has 3 N–H and O–H groups in total. The molecule has 172 valence electrons. The van der Waals surface area contributed by atoms with Crippen LogP contribution in [0.1, 0.15) is 43.4 Å². The minimum absolute atomic E-state index is 0.396.